The molecule has 0 bridgehead atoms. The summed E-state index contributed by atoms with van der Waals surface area (Å²) in [6.07, 6.45) is -3.41. The molecule has 2 saturated heterocycles. The van der Waals surface area contributed by atoms with Crippen molar-refractivity contribution in [3.8, 4) is 0 Å². The van der Waals surface area contributed by atoms with Crippen LogP contribution >= 0.6 is 0 Å². The molecule has 0 spiro atoms. The zero-order valence-corrected chi connectivity index (χ0v) is 12.1. The zero-order valence-electron chi connectivity index (χ0n) is 12.1. The number of ether oxygens (including phenoxy) is 4. The molecule has 2 aliphatic rings. The van der Waals surface area contributed by atoms with E-state index >= 15 is 0 Å². The number of fused-ring (bicyclic) bond motifs is 1. The quantitative estimate of drug-likeness (QED) is 0.799. The van der Waals surface area contributed by atoms with Gasteiger partial charge >= 0.3 is 0 Å². The van der Waals surface area contributed by atoms with Crippen LogP contribution in [0.4, 0.5) is 0 Å². The minimum Gasteiger partial charge on any atom is -0.387 e. The van der Waals surface area contributed by atoms with Crippen LogP contribution in [-0.4, -0.2) is 54.1 Å². The lowest BCUT2D eigenvalue weighted by Gasteiger charge is -2.46. The van der Waals surface area contributed by atoms with E-state index in [9.17, 15) is 10.2 Å². The van der Waals surface area contributed by atoms with Crippen molar-refractivity contribution in [2.45, 2.75) is 37.0 Å². The van der Waals surface area contributed by atoms with Gasteiger partial charge in [0.2, 0.25) is 0 Å². The summed E-state index contributed by atoms with van der Waals surface area (Å²) >= 11 is 0. The van der Waals surface area contributed by atoms with Crippen LogP contribution in [0.1, 0.15) is 11.9 Å². The van der Waals surface area contributed by atoms with Gasteiger partial charge in [0, 0.05) is 5.56 Å². The molecule has 0 aliphatic carbocycles. The van der Waals surface area contributed by atoms with E-state index in [1.807, 2.05) is 30.3 Å². The molecule has 0 radical (unpaired) electrons. The van der Waals surface area contributed by atoms with Gasteiger partial charge < -0.3 is 29.2 Å². The number of rotatable bonds is 4. The van der Waals surface area contributed by atoms with E-state index in [0.29, 0.717) is 0 Å². The molecule has 6 atom stereocenters. The van der Waals surface area contributed by atoms with Gasteiger partial charge in [-0.2, -0.15) is 0 Å². The van der Waals surface area contributed by atoms with E-state index in [1.165, 1.54) is 0 Å². The maximum Gasteiger partial charge on any atom is 0.187 e. The van der Waals surface area contributed by atoms with Gasteiger partial charge in [0.15, 0.2) is 12.6 Å². The first-order valence-electron chi connectivity index (χ1n) is 7.27. The lowest BCUT2D eigenvalue weighted by atomic mass is 9.98. The number of aliphatic hydroxyl groups excluding tert-OH is 2. The van der Waals surface area contributed by atoms with E-state index in [-0.39, 0.29) is 13.2 Å². The first-order valence-corrected chi connectivity index (χ1v) is 7.27. The Kier molecular flexibility index (Phi) is 4.87. The average Bonchev–Trinajstić information content (AvgIpc) is 2.57. The Hall–Kier alpha value is -1.28. The van der Waals surface area contributed by atoms with Gasteiger partial charge in [0.05, 0.1) is 13.2 Å². The number of hydrogen-bond acceptors (Lipinski definition) is 6. The summed E-state index contributed by atoms with van der Waals surface area (Å²) < 4.78 is 22.4. The Labute approximate surface area is 128 Å². The molecule has 2 N–H and O–H groups in total. The van der Waals surface area contributed by atoms with Crippen LogP contribution in [0.15, 0.2) is 43.0 Å². The molecule has 2 heterocycles. The van der Waals surface area contributed by atoms with Crippen molar-refractivity contribution >= 4 is 0 Å². The van der Waals surface area contributed by atoms with Crippen LogP contribution in [-0.2, 0) is 18.9 Å². The van der Waals surface area contributed by atoms with Crippen LogP contribution in [0.3, 0.4) is 0 Å². The smallest absolute Gasteiger partial charge is 0.187 e. The second kappa shape index (κ2) is 6.87. The van der Waals surface area contributed by atoms with Crippen LogP contribution in [0.25, 0.3) is 0 Å². The standard InChI is InChI=1S/C16H20O6/c1-2-8-19-16-13(18)12(17)14-11(21-16)9-20-15(22-14)10-6-4-3-5-7-10/h2-7,11-18H,1,8-9H2/t11-,12-,13+,14-,15-,16+/m1/s1. The van der Waals surface area contributed by atoms with Gasteiger partial charge in [-0.3, -0.25) is 0 Å². The van der Waals surface area contributed by atoms with E-state index in [4.69, 9.17) is 18.9 Å². The molecule has 6 nitrogen and oxygen atoms in total. The molecule has 3 rings (SSSR count). The van der Waals surface area contributed by atoms with Crippen molar-refractivity contribution in [1.82, 2.24) is 0 Å². The van der Waals surface area contributed by atoms with Crippen LogP contribution < -0.4 is 0 Å². The molecule has 0 unspecified atom stereocenters. The largest absolute Gasteiger partial charge is 0.387 e. The zero-order chi connectivity index (χ0) is 15.5. The lowest BCUT2D eigenvalue weighted by molar-refractivity contribution is -0.360. The third kappa shape index (κ3) is 3.08. The Balaban J connectivity index is 1.69. The third-order valence-electron chi connectivity index (χ3n) is 3.78. The van der Waals surface area contributed by atoms with Crippen molar-refractivity contribution < 1.29 is 29.2 Å². The van der Waals surface area contributed by atoms with Crippen molar-refractivity contribution in [2.75, 3.05) is 13.2 Å². The first kappa shape index (κ1) is 15.6. The molecular formula is C16H20O6. The van der Waals surface area contributed by atoms with Crippen LogP contribution in [0, 0.1) is 0 Å². The summed E-state index contributed by atoms with van der Waals surface area (Å²) in [5.41, 5.74) is 0.854. The highest BCUT2D eigenvalue weighted by atomic mass is 16.8. The maximum absolute atomic E-state index is 10.3. The maximum atomic E-state index is 10.3. The molecule has 1 aromatic carbocycles. The van der Waals surface area contributed by atoms with Gasteiger partial charge in [0.1, 0.15) is 24.4 Å². The summed E-state index contributed by atoms with van der Waals surface area (Å²) in [7, 11) is 0. The predicted octanol–water partition coefficient (Wildman–Crippen LogP) is 0.750. The Morgan fingerprint density at radius 3 is 2.68 bits per heavy atom. The molecule has 2 fully saturated rings. The molecule has 6 heteroatoms. The van der Waals surface area contributed by atoms with Gasteiger partial charge in [-0.15, -0.1) is 6.58 Å². The van der Waals surface area contributed by atoms with Gasteiger partial charge in [-0.25, -0.2) is 0 Å². The fourth-order valence-corrected chi connectivity index (χ4v) is 2.66. The van der Waals surface area contributed by atoms with Crippen LogP contribution in [0.5, 0.6) is 0 Å². The summed E-state index contributed by atoms with van der Waals surface area (Å²) in [4.78, 5) is 0. The van der Waals surface area contributed by atoms with Crippen molar-refractivity contribution in [3.63, 3.8) is 0 Å². The molecule has 0 aromatic heterocycles. The lowest BCUT2D eigenvalue weighted by Crippen LogP contribution is -2.62. The molecule has 0 amide bonds. The van der Waals surface area contributed by atoms with Crippen molar-refractivity contribution in [1.29, 1.82) is 0 Å². The third-order valence-corrected chi connectivity index (χ3v) is 3.78. The average molecular weight is 308 g/mol. The minimum absolute atomic E-state index is 0.222. The van der Waals surface area contributed by atoms with Crippen LogP contribution in [0.2, 0.25) is 0 Å². The van der Waals surface area contributed by atoms with E-state index in [1.54, 1.807) is 6.08 Å². The molecular weight excluding hydrogens is 288 g/mol. The number of benzene rings is 1. The summed E-state index contributed by atoms with van der Waals surface area (Å²) in [5.74, 6) is 0. The van der Waals surface area contributed by atoms with Gasteiger partial charge in [-0.1, -0.05) is 36.4 Å². The molecule has 22 heavy (non-hydrogen) atoms. The van der Waals surface area contributed by atoms with Gasteiger partial charge in [0.25, 0.3) is 0 Å². The first-order chi connectivity index (χ1) is 10.7. The minimum atomic E-state index is -1.18. The Morgan fingerprint density at radius 1 is 1.18 bits per heavy atom. The second-order valence-electron chi connectivity index (χ2n) is 5.32. The molecule has 2 aliphatic heterocycles. The molecule has 120 valence electrons. The normalized spacial score (nSPS) is 38.3. The summed E-state index contributed by atoms with van der Waals surface area (Å²) in [6, 6.07) is 9.44. The summed E-state index contributed by atoms with van der Waals surface area (Å²) in [5, 5.41) is 20.4. The van der Waals surface area contributed by atoms with E-state index in [0.717, 1.165) is 5.56 Å². The topological polar surface area (TPSA) is 77.4 Å². The SMILES string of the molecule is C=CCO[C@H]1O[C@@H]2CO[C@@H](c3ccccc3)O[C@H]2[C@H](O)[C@@H]1O. The highest BCUT2D eigenvalue weighted by molar-refractivity contribution is 5.16. The Bertz CT molecular complexity index is 491. The fourth-order valence-electron chi connectivity index (χ4n) is 2.66. The van der Waals surface area contributed by atoms with Crippen molar-refractivity contribution in [2.24, 2.45) is 0 Å². The number of aliphatic hydroxyl groups is 2. The van der Waals surface area contributed by atoms with E-state index in [2.05, 4.69) is 6.58 Å². The molecule has 1 aromatic rings. The highest BCUT2D eigenvalue weighted by Crippen LogP contribution is 2.34. The van der Waals surface area contributed by atoms with E-state index < -0.39 is 37.0 Å². The monoisotopic (exact) mass is 308 g/mol. The molecule has 0 saturated carbocycles. The highest BCUT2D eigenvalue weighted by Gasteiger charge is 2.49. The fraction of sp³-hybridized carbons (Fsp3) is 0.500. The van der Waals surface area contributed by atoms with Crippen molar-refractivity contribution in [3.05, 3.63) is 48.6 Å². The summed E-state index contributed by atoms with van der Waals surface area (Å²) in [6.45, 7) is 4.01. The Morgan fingerprint density at radius 2 is 1.95 bits per heavy atom. The number of hydrogen-bond donors (Lipinski definition) is 2. The second-order valence-corrected chi connectivity index (χ2v) is 5.32. The van der Waals surface area contributed by atoms with Gasteiger partial charge in [-0.05, 0) is 0 Å². The predicted molar refractivity (Wildman–Crippen MR) is 76.8 cm³/mol.